The van der Waals surface area contributed by atoms with Gasteiger partial charge in [0.25, 0.3) is 0 Å². The zero-order chi connectivity index (χ0) is 19.4. The fourth-order valence-electron chi connectivity index (χ4n) is 2.87. The summed E-state index contributed by atoms with van der Waals surface area (Å²) in [5, 5.41) is 8.83. The van der Waals surface area contributed by atoms with Gasteiger partial charge in [-0.3, -0.25) is 4.52 Å². The monoisotopic (exact) mass is 382 g/mol. The second-order valence-electron chi connectivity index (χ2n) is 8.21. The van der Waals surface area contributed by atoms with E-state index in [0.29, 0.717) is 18.4 Å². The van der Waals surface area contributed by atoms with Crippen LogP contribution in [0.2, 0.25) is 0 Å². The first-order chi connectivity index (χ1) is 11.5. The van der Waals surface area contributed by atoms with Crippen LogP contribution in [-0.2, 0) is 13.8 Å². The van der Waals surface area contributed by atoms with Gasteiger partial charge in [-0.05, 0) is 64.2 Å². The van der Waals surface area contributed by atoms with E-state index in [1.54, 1.807) is 13.8 Å². The van der Waals surface area contributed by atoms with Crippen molar-refractivity contribution in [2.75, 3.05) is 19.8 Å². The third-order valence-electron chi connectivity index (χ3n) is 4.34. The van der Waals surface area contributed by atoms with E-state index in [9.17, 15) is 4.57 Å². The van der Waals surface area contributed by atoms with Crippen molar-refractivity contribution in [3.05, 3.63) is 0 Å². The predicted molar refractivity (Wildman–Crippen MR) is 100 cm³/mol. The van der Waals surface area contributed by atoms with Crippen molar-refractivity contribution >= 4 is 7.82 Å². The standard InChI is InChI=1S/C18H39O6P/c1-17(2,11-5-8-14-19)12-6-9-15-23-16-10-7-13-18(3,4)24-25(20,21)22/h19H,5-16H2,1-4H3,(H2,20,21,22). The second-order valence-corrected chi connectivity index (χ2v) is 9.38. The molecule has 25 heavy (non-hydrogen) atoms. The zero-order valence-corrected chi connectivity index (χ0v) is 17.4. The molecule has 0 saturated heterocycles. The van der Waals surface area contributed by atoms with Crippen LogP contribution in [0.1, 0.15) is 85.5 Å². The Labute approximate surface area is 153 Å². The van der Waals surface area contributed by atoms with Crippen molar-refractivity contribution in [3.8, 4) is 0 Å². The maximum Gasteiger partial charge on any atom is 0.470 e. The van der Waals surface area contributed by atoms with Gasteiger partial charge in [-0.25, -0.2) is 4.57 Å². The van der Waals surface area contributed by atoms with Gasteiger partial charge in [0.05, 0.1) is 5.60 Å². The molecule has 0 aliphatic carbocycles. The number of aliphatic hydroxyl groups excluding tert-OH is 1. The SMILES string of the molecule is CC(C)(CCCCO)CCCCOCCCCC(C)(C)OP(=O)(O)O. The average molecular weight is 382 g/mol. The fraction of sp³-hybridized carbons (Fsp3) is 1.00. The summed E-state index contributed by atoms with van der Waals surface area (Å²) >= 11 is 0. The highest BCUT2D eigenvalue weighted by molar-refractivity contribution is 7.46. The van der Waals surface area contributed by atoms with E-state index >= 15 is 0 Å². The number of aliphatic hydroxyl groups is 1. The molecule has 0 aromatic heterocycles. The van der Waals surface area contributed by atoms with Gasteiger partial charge in [-0.15, -0.1) is 0 Å². The normalized spacial score (nSPS) is 13.4. The maximum atomic E-state index is 10.9. The molecule has 0 aliphatic heterocycles. The second kappa shape index (κ2) is 12.4. The molecule has 7 heteroatoms. The molecule has 0 bridgehead atoms. The Morgan fingerprint density at radius 2 is 1.28 bits per heavy atom. The summed E-state index contributed by atoms with van der Waals surface area (Å²) < 4.78 is 21.3. The van der Waals surface area contributed by atoms with Gasteiger partial charge in [0.2, 0.25) is 0 Å². The molecule has 0 atom stereocenters. The summed E-state index contributed by atoms with van der Waals surface area (Å²) in [5.41, 5.74) is -0.486. The molecule has 0 heterocycles. The van der Waals surface area contributed by atoms with E-state index in [1.165, 1.54) is 6.42 Å². The molecule has 0 spiro atoms. The summed E-state index contributed by atoms with van der Waals surface area (Å²) in [6.07, 6.45) is 8.77. The van der Waals surface area contributed by atoms with E-state index in [0.717, 1.165) is 51.6 Å². The molecule has 6 nitrogen and oxygen atoms in total. The first-order valence-electron chi connectivity index (χ1n) is 9.42. The highest BCUT2D eigenvalue weighted by Gasteiger charge is 2.28. The summed E-state index contributed by atoms with van der Waals surface area (Å²) in [5.74, 6) is 0. The number of unbranched alkanes of at least 4 members (excludes halogenated alkanes) is 3. The van der Waals surface area contributed by atoms with Crippen LogP contribution < -0.4 is 0 Å². The third kappa shape index (κ3) is 17.2. The first-order valence-corrected chi connectivity index (χ1v) is 11.0. The van der Waals surface area contributed by atoms with Gasteiger partial charge < -0.3 is 19.6 Å². The van der Waals surface area contributed by atoms with Crippen LogP contribution in [0.4, 0.5) is 0 Å². The van der Waals surface area contributed by atoms with Crippen LogP contribution in [0, 0.1) is 5.41 Å². The van der Waals surface area contributed by atoms with Gasteiger partial charge in [-0.2, -0.15) is 0 Å². The van der Waals surface area contributed by atoms with Crippen molar-refractivity contribution in [1.29, 1.82) is 0 Å². The number of phosphoric acid groups is 1. The lowest BCUT2D eigenvalue weighted by Gasteiger charge is -2.25. The Balaban J connectivity index is 3.57. The minimum absolute atomic E-state index is 0.284. The fourth-order valence-corrected chi connectivity index (χ4v) is 3.61. The first kappa shape index (κ1) is 25.0. The smallest absolute Gasteiger partial charge is 0.396 e. The lowest BCUT2D eigenvalue weighted by molar-refractivity contribution is 0.0522. The Morgan fingerprint density at radius 1 is 0.800 bits per heavy atom. The van der Waals surface area contributed by atoms with Crippen molar-refractivity contribution in [1.82, 2.24) is 0 Å². The van der Waals surface area contributed by atoms with E-state index in [1.807, 2.05) is 0 Å². The molecule has 0 aromatic rings. The minimum atomic E-state index is -4.43. The molecule has 0 aromatic carbocycles. The molecule has 0 unspecified atom stereocenters. The van der Waals surface area contributed by atoms with Crippen molar-refractivity contribution in [3.63, 3.8) is 0 Å². The van der Waals surface area contributed by atoms with Crippen molar-refractivity contribution < 1.29 is 28.7 Å². The van der Waals surface area contributed by atoms with Gasteiger partial charge in [-0.1, -0.05) is 26.7 Å². The van der Waals surface area contributed by atoms with Crippen LogP contribution in [0.3, 0.4) is 0 Å². The lowest BCUT2D eigenvalue weighted by Crippen LogP contribution is -2.22. The maximum absolute atomic E-state index is 10.9. The number of phosphoric ester groups is 1. The van der Waals surface area contributed by atoms with Crippen LogP contribution in [0.25, 0.3) is 0 Å². The summed E-state index contributed by atoms with van der Waals surface area (Å²) in [6.45, 7) is 9.66. The quantitative estimate of drug-likeness (QED) is 0.270. The molecule has 0 radical (unpaired) electrons. The topological polar surface area (TPSA) is 96.2 Å². The molecular weight excluding hydrogens is 343 g/mol. The number of ether oxygens (including phenoxy) is 1. The van der Waals surface area contributed by atoms with E-state index in [2.05, 4.69) is 13.8 Å². The summed E-state index contributed by atoms with van der Waals surface area (Å²) in [7, 11) is -4.43. The number of hydrogen-bond donors (Lipinski definition) is 3. The molecule has 0 amide bonds. The van der Waals surface area contributed by atoms with Crippen LogP contribution in [-0.4, -0.2) is 40.3 Å². The molecule has 0 fully saturated rings. The number of hydrogen-bond acceptors (Lipinski definition) is 4. The van der Waals surface area contributed by atoms with Gasteiger partial charge in [0.15, 0.2) is 0 Å². The minimum Gasteiger partial charge on any atom is -0.396 e. The highest BCUT2D eigenvalue weighted by atomic mass is 31.2. The van der Waals surface area contributed by atoms with Crippen molar-refractivity contribution in [2.45, 2.75) is 91.1 Å². The molecule has 0 aliphatic rings. The summed E-state index contributed by atoms with van der Waals surface area (Å²) in [4.78, 5) is 17.7. The Morgan fingerprint density at radius 3 is 1.76 bits per heavy atom. The number of rotatable bonds is 16. The highest BCUT2D eigenvalue weighted by Crippen LogP contribution is 2.42. The third-order valence-corrected chi connectivity index (χ3v) is 5.07. The Kier molecular flexibility index (Phi) is 12.4. The average Bonchev–Trinajstić information content (AvgIpc) is 2.43. The van der Waals surface area contributed by atoms with Gasteiger partial charge in [0, 0.05) is 19.8 Å². The van der Waals surface area contributed by atoms with E-state index < -0.39 is 13.4 Å². The summed E-state index contributed by atoms with van der Waals surface area (Å²) in [6, 6.07) is 0. The van der Waals surface area contributed by atoms with Gasteiger partial charge >= 0.3 is 7.82 Å². The zero-order valence-electron chi connectivity index (χ0n) is 16.5. The lowest BCUT2D eigenvalue weighted by atomic mass is 9.82. The van der Waals surface area contributed by atoms with Crippen LogP contribution >= 0.6 is 7.82 Å². The van der Waals surface area contributed by atoms with E-state index in [4.69, 9.17) is 24.2 Å². The van der Waals surface area contributed by atoms with Crippen LogP contribution in [0.5, 0.6) is 0 Å². The molecule has 0 rings (SSSR count). The molecular formula is C18H39O6P. The molecule has 3 N–H and O–H groups in total. The largest absolute Gasteiger partial charge is 0.470 e. The predicted octanol–water partition coefficient (Wildman–Crippen LogP) is 4.42. The van der Waals surface area contributed by atoms with Crippen LogP contribution in [0.15, 0.2) is 0 Å². The van der Waals surface area contributed by atoms with Gasteiger partial charge in [0.1, 0.15) is 0 Å². The Hall–Kier alpha value is 0.0300. The molecule has 152 valence electrons. The Bertz CT molecular complexity index is 378. The van der Waals surface area contributed by atoms with E-state index in [-0.39, 0.29) is 6.61 Å². The van der Waals surface area contributed by atoms with Crippen molar-refractivity contribution in [2.24, 2.45) is 5.41 Å². The molecule has 0 saturated carbocycles.